The Morgan fingerprint density at radius 1 is 1.00 bits per heavy atom. The van der Waals surface area contributed by atoms with Crippen LogP contribution in [-0.2, 0) is 4.74 Å². The third-order valence-corrected chi connectivity index (χ3v) is 5.36. The highest BCUT2D eigenvalue weighted by molar-refractivity contribution is 4.96. The normalized spacial score (nSPS) is 36.2. The van der Waals surface area contributed by atoms with Crippen molar-refractivity contribution in [3.8, 4) is 0 Å². The second-order valence-corrected chi connectivity index (χ2v) is 6.46. The summed E-state index contributed by atoms with van der Waals surface area (Å²) in [7, 11) is 0. The van der Waals surface area contributed by atoms with Gasteiger partial charge in [-0.15, -0.1) is 0 Å². The molecule has 0 spiro atoms. The summed E-state index contributed by atoms with van der Waals surface area (Å²) >= 11 is 0. The maximum Gasteiger partial charge on any atom is 0.0698 e. The van der Waals surface area contributed by atoms with E-state index in [1.807, 2.05) is 0 Å². The van der Waals surface area contributed by atoms with E-state index in [9.17, 15) is 0 Å². The van der Waals surface area contributed by atoms with Gasteiger partial charge in [-0.1, -0.05) is 6.42 Å². The SMILES string of the molecule is OCCOCCN1CCN([C@H]2C[C@H]3CC[C@H]2C3)CC1. The molecule has 0 radical (unpaired) electrons. The van der Waals surface area contributed by atoms with Crippen LogP contribution in [0.2, 0.25) is 0 Å². The van der Waals surface area contributed by atoms with Gasteiger partial charge in [-0.25, -0.2) is 0 Å². The monoisotopic (exact) mass is 268 g/mol. The molecule has 0 unspecified atom stereocenters. The Morgan fingerprint density at radius 2 is 1.84 bits per heavy atom. The summed E-state index contributed by atoms with van der Waals surface area (Å²) in [6.45, 7) is 7.26. The summed E-state index contributed by atoms with van der Waals surface area (Å²) in [6.07, 6.45) is 5.98. The lowest BCUT2D eigenvalue weighted by molar-refractivity contribution is 0.0397. The Kier molecular flexibility index (Phi) is 4.74. The lowest BCUT2D eigenvalue weighted by atomic mass is 9.93. The number of rotatable bonds is 6. The van der Waals surface area contributed by atoms with E-state index in [1.54, 1.807) is 0 Å². The third kappa shape index (κ3) is 3.30. The van der Waals surface area contributed by atoms with Crippen molar-refractivity contribution in [1.82, 2.24) is 9.80 Å². The fourth-order valence-corrected chi connectivity index (χ4v) is 4.34. The molecule has 3 rings (SSSR count). The van der Waals surface area contributed by atoms with Gasteiger partial charge in [0.25, 0.3) is 0 Å². The molecule has 3 aliphatic rings. The van der Waals surface area contributed by atoms with Gasteiger partial charge >= 0.3 is 0 Å². The molecule has 1 N–H and O–H groups in total. The molecule has 0 amide bonds. The van der Waals surface area contributed by atoms with Crippen LogP contribution in [0.25, 0.3) is 0 Å². The predicted molar refractivity (Wildman–Crippen MR) is 75.2 cm³/mol. The average Bonchev–Trinajstić information content (AvgIpc) is 3.07. The molecule has 1 aliphatic heterocycles. The molecule has 4 nitrogen and oxygen atoms in total. The van der Waals surface area contributed by atoms with Crippen molar-refractivity contribution in [2.75, 3.05) is 52.5 Å². The zero-order valence-corrected chi connectivity index (χ0v) is 12.0. The molecule has 1 heterocycles. The zero-order chi connectivity index (χ0) is 13.1. The largest absolute Gasteiger partial charge is 0.394 e. The van der Waals surface area contributed by atoms with E-state index >= 15 is 0 Å². The lowest BCUT2D eigenvalue weighted by Gasteiger charge is -2.41. The van der Waals surface area contributed by atoms with E-state index in [0.29, 0.717) is 6.61 Å². The minimum Gasteiger partial charge on any atom is -0.394 e. The molecule has 4 heteroatoms. The Hall–Kier alpha value is -0.160. The van der Waals surface area contributed by atoms with E-state index in [2.05, 4.69) is 9.80 Å². The van der Waals surface area contributed by atoms with Crippen molar-refractivity contribution in [2.24, 2.45) is 11.8 Å². The van der Waals surface area contributed by atoms with Crippen LogP contribution in [0.3, 0.4) is 0 Å². The van der Waals surface area contributed by atoms with Crippen LogP contribution in [0.4, 0.5) is 0 Å². The number of piperazine rings is 1. The molecule has 3 atom stereocenters. The van der Waals surface area contributed by atoms with Crippen molar-refractivity contribution >= 4 is 0 Å². The van der Waals surface area contributed by atoms with Crippen LogP contribution in [0, 0.1) is 11.8 Å². The predicted octanol–water partition coefficient (Wildman–Crippen LogP) is 0.802. The number of ether oxygens (including phenoxy) is 1. The van der Waals surface area contributed by atoms with Crippen molar-refractivity contribution in [2.45, 2.75) is 31.7 Å². The number of fused-ring (bicyclic) bond motifs is 2. The Morgan fingerprint density at radius 3 is 2.47 bits per heavy atom. The first kappa shape index (κ1) is 13.8. The molecular formula is C15H28N2O2. The molecule has 2 aliphatic carbocycles. The molecule has 2 bridgehead atoms. The first-order valence-electron chi connectivity index (χ1n) is 8.02. The quantitative estimate of drug-likeness (QED) is 0.723. The van der Waals surface area contributed by atoms with Gasteiger partial charge in [0.2, 0.25) is 0 Å². The van der Waals surface area contributed by atoms with E-state index < -0.39 is 0 Å². The van der Waals surface area contributed by atoms with E-state index in [0.717, 1.165) is 31.0 Å². The van der Waals surface area contributed by atoms with E-state index in [-0.39, 0.29) is 6.61 Å². The van der Waals surface area contributed by atoms with Crippen LogP contribution in [-0.4, -0.2) is 73.5 Å². The first-order valence-corrected chi connectivity index (χ1v) is 8.02. The molecular weight excluding hydrogens is 240 g/mol. The average molecular weight is 268 g/mol. The van der Waals surface area contributed by atoms with Crippen molar-refractivity contribution in [3.63, 3.8) is 0 Å². The number of hydrogen-bond acceptors (Lipinski definition) is 4. The van der Waals surface area contributed by atoms with Gasteiger partial charge in [0.1, 0.15) is 0 Å². The van der Waals surface area contributed by atoms with Crippen LogP contribution >= 0.6 is 0 Å². The first-order chi connectivity index (χ1) is 9.36. The summed E-state index contributed by atoms with van der Waals surface area (Å²) in [5.74, 6) is 2.07. The standard InChI is InChI=1S/C15H28N2O2/c18-8-10-19-9-7-16-3-5-17(6-4-16)15-12-13-1-2-14(15)11-13/h13-15,18H,1-12H2/t13-,14-,15-/m0/s1. The zero-order valence-electron chi connectivity index (χ0n) is 12.0. The minimum atomic E-state index is 0.137. The van der Waals surface area contributed by atoms with E-state index in [1.165, 1.54) is 51.9 Å². The van der Waals surface area contributed by atoms with Gasteiger partial charge in [-0.2, -0.15) is 0 Å². The van der Waals surface area contributed by atoms with Gasteiger partial charge in [0, 0.05) is 38.8 Å². The number of aliphatic hydroxyl groups is 1. The number of hydrogen-bond donors (Lipinski definition) is 1. The molecule has 0 aromatic rings. The highest BCUT2D eigenvalue weighted by atomic mass is 16.5. The minimum absolute atomic E-state index is 0.137. The second kappa shape index (κ2) is 6.53. The van der Waals surface area contributed by atoms with Crippen LogP contribution in [0.5, 0.6) is 0 Å². The maximum atomic E-state index is 8.67. The molecule has 1 saturated heterocycles. The molecule has 2 saturated carbocycles. The second-order valence-electron chi connectivity index (χ2n) is 6.46. The number of aliphatic hydroxyl groups excluding tert-OH is 1. The Bertz CT molecular complexity index is 279. The molecule has 3 fully saturated rings. The number of nitrogens with zero attached hydrogens (tertiary/aromatic N) is 2. The molecule has 110 valence electrons. The summed E-state index contributed by atoms with van der Waals surface area (Å²) in [5, 5.41) is 8.67. The van der Waals surface area contributed by atoms with Crippen molar-refractivity contribution in [1.29, 1.82) is 0 Å². The topological polar surface area (TPSA) is 35.9 Å². The molecule has 0 aromatic heterocycles. The van der Waals surface area contributed by atoms with Gasteiger partial charge in [0.15, 0.2) is 0 Å². The van der Waals surface area contributed by atoms with Crippen molar-refractivity contribution < 1.29 is 9.84 Å². The summed E-state index contributed by atoms with van der Waals surface area (Å²) in [4.78, 5) is 5.26. The van der Waals surface area contributed by atoms with Crippen LogP contribution < -0.4 is 0 Å². The Balaban J connectivity index is 1.35. The van der Waals surface area contributed by atoms with E-state index in [4.69, 9.17) is 9.84 Å². The van der Waals surface area contributed by atoms with Crippen molar-refractivity contribution in [3.05, 3.63) is 0 Å². The van der Waals surface area contributed by atoms with Crippen LogP contribution in [0.15, 0.2) is 0 Å². The van der Waals surface area contributed by atoms with Gasteiger partial charge < -0.3 is 9.84 Å². The summed E-state index contributed by atoms with van der Waals surface area (Å²) in [6, 6.07) is 0.909. The third-order valence-electron chi connectivity index (χ3n) is 5.36. The van der Waals surface area contributed by atoms with Gasteiger partial charge in [0.05, 0.1) is 19.8 Å². The highest BCUT2D eigenvalue weighted by Gasteiger charge is 2.42. The summed E-state index contributed by atoms with van der Waals surface area (Å²) < 4.78 is 5.35. The fraction of sp³-hybridized carbons (Fsp3) is 1.00. The molecule has 19 heavy (non-hydrogen) atoms. The van der Waals surface area contributed by atoms with Gasteiger partial charge in [-0.05, 0) is 31.1 Å². The fourth-order valence-electron chi connectivity index (χ4n) is 4.34. The Labute approximate surface area is 116 Å². The van der Waals surface area contributed by atoms with Crippen LogP contribution in [0.1, 0.15) is 25.7 Å². The smallest absolute Gasteiger partial charge is 0.0698 e. The summed E-state index contributed by atoms with van der Waals surface area (Å²) in [5.41, 5.74) is 0. The maximum absolute atomic E-state index is 8.67. The highest BCUT2D eigenvalue weighted by Crippen LogP contribution is 2.46. The van der Waals surface area contributed by atoms with Gasteiger partial charge in [-0.3, -0.25) is 9.80 Å². The lowest BCUT2D eigenvalue weighted by Crippen LogP contribution is -2.52. The molecule has 0 aromatic carbocycles.